The topological polar surface area (TPSA) is 95.6 Å². The molecule has 1 heterocycles. The summed E-state index contributed by atoms with van der Waals surface area (Å²) < 4.78 is 47.8. The van der Waals surface area contributed by atoms with E-state index in [1.54, 1.807) is 13.2 Å². The van der Waals surface area contributed by atoms with Crippen molar-refractivity contribution in [2.24, 2.45) is 0 Å². The largest absolute Gasteiger partial charge is 0.497 e. The number of halogens is 2. The van der Waals surface area contributed by atoms with E-state index < -0.39 is 21.1 Å². The fraction of sp³-hybridized carbons (Fsp3) is 0.350. The van der Waals surface area contributed by atoms with E-state index in [0.717, 1.165) is 24.9 Å². The van der Waals surface area contributed by atoms with Crippen molar-refractivity contribution in [3.05, 3.63) is 50.8 Å². The molecule has 0 aliphatic heterocycles. The second-order valence-electron chi connectivity index (χ2n) is 7.06. The van der Waals surface area contributed by atoms with Crippen molar-refractivity contribution < 1.29 is 17.5 Å². The molecule has 3 N–H and O–H groups in total. The highest BCUT2D eigenvalue weighted by Gasteiger charge is 2.32. The van der Waals surface area contributed by atoms with E-state index in [-0.39, 0.29) is 17.3 Å². The van der Waals surface area contributed by atoms with Crippen molar-refractivity contribution >= 4 is 50.2 Å². The first kappa shape index (κ1) is 24.3. The monoisotopic (exact) mass is 501 g/mol. The molecule has 0 amide bonds. The predicted molar refractivity (Wildman–Crippen MR) is 129 cm³/mol. The summed E-state index contributed by atoms with van der Waals surface area (Å²) in [6.07, 6.45) is -0.838. The summed E-state index contributed by atoms with van der Waals surface area (Å²) in [6.45, 7) is 1.49. The van der Waals surface area contributed by atoms with Crippen LogP contribution in [0.25, 0.3) is 0 Å². The number of likely N-dealkylation sites (N-methyl/N-ethyl adjacent to an activating group) is 2. The first-order valence-electron chi connectivity index (χ1n) is 9.71. The highest BCUT2D eigenvalue weighted by Crippen LogP contribution is 2.36. The number of nitrogens with zero attached hydrogens (tertiary/aromatic N) is 2. The summed E-state index contributed by atoms with van der Waals surface area (Å²) in [5.41, 5.74) is 3.40. The molecular formula is C20H25ClFN5O3S2. The van der Waals surface area contributed by atoms with Gasteiger partial charge in [-0.05, 0) is 25.3 Å². The molecule has 0 bridgehead atoms. The van der Waals surface area contributed by atoms with Gasteiger partial charge in [-0.2, -0.15) is 0 Å². The van der Waals surface area contributed by atoms with Gasteiger partial charge in [0.15, 0.2) is 5.82 Å². The van der Waals surface area contributed by atoms with Crippen molar-refractivity contribution in [1.82, 2.24) is 10.3 Å². The third-order valence-electron chi connectivity index (χ3n) is 4.83. The van der Waals surface area contributed by atoms with Gasteiger partial charge in [-0.1, -0.05) is 11.6 Å². The van der Waals surface area contributed by atoms with Crippen molar-refractivity contribution in [2.45, 2.75) is 12.6 Å². The molecule has 8 nitrogen and oxygen atoms in total. The number of sulfonamides is 1. The van der Waals surface area contributed by atoms with Crippen LogP contribution in [0.2, 0.25) is 0 Å². The van der Waals surface area contributed by atoms with Gasteiger partial charge in [0, 0.05) is 43.7 Å². The Kier molecular flexibility index (Phi) is 7.99. The average Bonchev–Trinajstić information content (AvgIpc) is 3.26. The van der Waals surface area contributed by atoms with E-state index in [1.807, 2.05) is 31.1 Å². The van der Waals surface area contributed by atoms with Crippen LogP contribution in [-0.2, 0) is 10.0 Å². The van der Waals surface area contributed by atoms with Gasteiger partial charge in [-0.3, -0.25) is 4.72 Å². The molecule has 1 unspecified atom stereocenters. The lowest BCUT2D eigenvalue weighted by atomic mass is 10.1. The van der Waals surface area contributed by atoms with E-state index in [2.05, 4.69) is 20.3 Å². The van der Waals surface area contributed by atoms with Crippen LogP contribution in [0.15, 0.2) is 50.8 Å². The smallest absolute Gasteiger partial charge is 0.262 e. The first-order chi connectivity index (χ1) is 15.2. The molecule has 1 aromatic heterocycles. The Morgan fingerprint density at radius 1 is 1.41 bits per heavy atom. The molecule has 32 heavy (non-hydrogen) atoms. The van der Waals surface area contributed by atoms with E-state index in [9.17, 15) is 12.8 Å². The van der Waals surface area contributed by atoms with Crippen molar-refractivity contribution in [3.63, 3.8) is 0 Å². The number of alkyl halides is 1. The van der Waals surface area contributed by atoms with Crippen molar-refractivity contribution in [3.8, 4) is 5.75 Å². The minimum absolute atomic E-state index is 0.122. The number of rotatable bonds is 10. The zero-order chi connectivity index (χ0) is 23.3. The number of aromatic nitrogens is 1. The minimum atomic E-state index is -4.12. The van der Waals surface area contributed by atoms with Crippen molar-refractivity contribution in [1.29, 1.82) is 0 Å². The molecule has 0 fully saturated rings. The average molecular weight is 502 g/mol. The summed E-state index contributed by atoms with van der Waals surface area (Å²) in [6, 6.07) is 5.46. The SMILES string of the molecule is CNCCN(C)c1cc(OC)ccc1NC1=C(Cl)C=C(S(=O)(=O)Nc2cscn2)C(F)C1. The molecule has 3 rings (SSSR count). The molecule has 1 aliphatic carbocycles. The van der Waals surface area contributed by atoms with E-state index in [1.165, 1.54) is 22.2 Å². The Labute approximate surface area is 196 Å². The number of nitrogens with one attached hydrogen (secondary N) is 3. The third kappa shape index (κ3) is 5.71. The van der Waals surface area contributed by atoms with Crippen LogP contribution >= 0.6 is 22.9 Å². The molecule has 1 atom stereocenters. The molecule has 12 heteroatoms. The summed E-state index contributed by atoms with van der Waals surface area (Å²) in [4.78, 5) is 5.47. The van der Waals surface area contributed by atoms with Gasteiger partial charge in [0.2, 0.25) is 0 Å². The van der Waals surface area contributed by atoms with Gasteiger partial charge in [0.05, 0.1) is 29.0 Å². The zero-order valence-corrected chi connectivity index (χ0v) is 20.2. The van der Waals surface area contributed by atoms with Gasteiger partial charge >= 0.3 is 0 Å². The Morgan fingerprint density at radius 3 is 2.84 bits per heavy atom. The maximum atomic E-state index is 15.0. The number of hydrogen-bond acceptors (Lipinski definition) is 8. The maximum Gasteiger partial charge on any atom is 0.262 e. The summed E-state index contributed by atoms with van der Waals surface area (Å²) >= 11 is 7.60. The fourth-order valence-corrected chi connectivity index (χ4v) is 5.18. The second kappa shape index (κ2) is 10.5. The third-order valence-corrected chi connectivity index (χ3v) is 7.23. The maximum absolute atomic E-state index is 15.0. The van der Waals surface area contributed by atoms with Crippen LogP contribution in [0.1, 0.15) is 6.42 Å². The predicted octanol–water partition coefficient (Wildman–Crippen LogP) is 3.74. The Morgan fingerprint density at radius 2 is 2.19 bits per heavy atom. The zero-order valence-electron chi connectivity index (χ0n) is 17.9. The van der Waals surface area contributed by atoms with Crippen LogP contribution in [0.4, 0.5) is 21.6 Å². The Hall–Kier alpha value is -2.34. The molecule has 174 valence electrons. The molecule has 0 spiro atoms. The lowest BCUT2D eigenvalue weighted by Gasteiger charge is -2.26. The lowest BCUT2D eigenvalue weighted by Crippen LogP contribution is -2.28. The second-order valence-corrected chi connectivity index (χ2v) is 9.87. The Balaban J connectivity index is 1.88. The number of benzene rings is 1. The van der Waals surface area contributed by atoms with Crippen LogP contribution in [-0.4, -0.2) is 53.9 Å². The Bertz CT molecular complexity index is 1110. The number of hydrogen-bond donors (Lipinski definition) is 3. The van der Waals surface area contributed by atoms with Gasteiger partial charge < -0.3 is 20.3 Å². The van der Waals surface area contributed by atoms with Gasteiger partial charge in [0.1, 0.15) is 16.8 Å². The first-order valence-corrected chi connectivity index (χ1v) is 12.5. The highest BCUT2D eigenvalue weighted by molar-refractivity contribution is 7.96. The highest BCUT2D eigenvalue weighted by atomic mass is 35.5. The number of thiazole rings is 1. The minimum Gasteiger partial charge on any atom is -0.497 e. The standard InChI is InChI=1S/C20H25ClFN5O3S2/c1-23-6-7-27(2)18-8-13(30-3)4-5-16(18)25-17-10-15(22)19(9-14(17)21)32(28,29)26-20-11-31-12-24-20/h4-5,8-9,11-12,15,23,25-26H,6-7,10H2,1-3H3. The number of ether oxygens (including phenoxy) is 1. The molecule has 0 saturated carbocycles. The van der Waals surface area contributed by atoms with E-state index in [4.69, 9.17) is 16.3 Å². The van der Waals surface area contributed by atoms with Crippen LogP contribution < -0.4 is 25.0 Å². The molecule has 2 aromatic rings. The molecule has 0 radical (unpaired) electrons. The number of methoxy groups -OCH3 is 1. The molecular weight excluding hydrogens is 477 g/mol. The number of allylic oxidation sites excluding steroid dienone is 4. The van der Waals surface area contributed by atoms with Crippen LogP contribution in [0.3, 0.4) is 0 Å². The lowest BCUT2D eigenvalue weighted by molar-refractivity contribution is 0.386. The number of anilines is 3. The fourth-order valence-electron chi connectivity index (χ4n) is 3.12. The van der Waals surface area contributed by atoms with Gasteiger partial charge in [0.25, 0.3) is 10.0 Å². The van der Waals surface area contributed by atoms with Crippen molar-refractivity contribution in [2.75, 3.05) is 49.2 Å². The van der Waals surface area contributed by atoms with Gasteiger partial charge in [-0.25, -0.2) is 17.8 Å². The quantitative estimate of drug-likeness (QED) is 0.456. The van der Waals surface area contributed by atoms with E-state index >= 15 is 0 Å². The van der Waals surface area contributed by atoms with E-state index in [0.29, 0.717) is 17.1 Å². The van der Waals surface area contributed by atoms with Crippen LogP contribution in [0.5, 0.6) is 5.75 Å². The summed E-state index contributed by atoms with van der Waals surface area (Å²) in [5.74, 6) is 0.815. The van der Waals surface area contributed by atoms with Crippen LogP contribution in [0, 0.1) is 0 Å². The summed E-state index contributed by atoms with van der Waals surface area (Å²) in [7, 11) is 1.26. The summed E-state index contributed by atoms with van der Waals surface area (Å²) in [5, 5.41) is 7.92. The molecule has 1 aromatic carbocycles. The normalized spacial score (nSPS) is 16.5. The van der Waals surface area contributed by atoms with Gasteiger partial charge in [-0.15, -0.1) is 11.3 Å². The molecule has 1 aliphatic rings. The molecule has 0 saturated heterocycles.